The van der Waals surface area contributed by atoms with Gasteiger partial charge >= 0.3 is 5.97 Å². The first-order valence-corrected chi connectivity index (χ1v) is 6.88. The van der Waals surface area contributed by atoms with Crippen LogP contribution < -0.4 is 5.32 Å². The smallest absolute Gasteiger partial charge is 0.332 e. The van der Waals surface area contributed by atoms with Crippen molar-refractivity contribution in [1.29, 1.82) is 0 Å². The Balaban J connectivity index is 1.74. The highest BCUT2D eigenvalue weighted by Gasteiger charge is 2.35. The van der Waals surface area contributed by atoms with E-state index in [0.29, 0.717) is 25.3 Å². The number of aliphatic hydroxyl groups excluding tert-OH is 1. The van der Waals surface area contributed by atoms with Crippen LogP contribution in [0, 0.1) is 11.8 Å². The zero-order chi connectivity index (χ0) is 13.8. The lowest BCUT2D eigenvalue weighted by Gasteiger charge is -2.19. The molecule has 1 saturated heterocycles. The van der Waals surface area contributed by atoms with Gasteiger partial charge in [-0.1, -0.05) is 6.42 Å². The summed E-state index contributed by atoms with van der Waals surface area (Å²) in [6.07, 6.45) is 2.47. The maximum absolute atomic E-state index is 11.9. The van der Waals surface area contributed by atoms with Crippen LogP contribution >= 0.6 is 0 Å². The molecular weight excluding hydrogens is 250 g/mol. The molecule has 1 heterocycles. The molecule has 1 saturated carbocycles. The Kier molecular flexibility index (Phi) is 4.76. The Morgan fingerprint density at radius 3 is 2.42 bits per heavy atom. The molecule has 1 aliphatic carbocycles. The van der Waals surface area contributed by atoms with Crippen molar-refractivity contribution in [2.45, 2.75) is 44.3 Å². The number of nitrogens with one attached hydrogen (secondary N) is 1. The number of hydrogen-bond donors (Lipinski definition) is 3. The first kappa shape index (κ1) is 14.3. The Hall–Kier alpha value is -1.14. The maximum atomic E-state index is 11.9. The van der Waals surface area contributed by atoms with Crippen LogP contribution in [0.1, 0.15) is 32.1 Å². The van der Waals surface area contributed by atoms with E-state index in [9.17, 15) is 14.7 Å². The van der Waals surface area contributed by atoms with Gasteiger partial charge in [0.05, 0.1) is 0 Å². The fraction of sp³-hybridized carbons (Fsp3) is 0.846. The third-order valence-electron chi connectivity index (χ3n) is 4.18. The van der Waals surface area contributed by atoms with Crippen molar-refractivity contribution in [2.24, 2.45) is 11.8 Å². The molecule has 108 valence electrons. The second kappa shape index (κ2) is 6.34. The van der Waals surface area contributed by atoms with E-state index >= 15 is 0 Å². The lowest BCUT2D eigenvalue weighted by atomic mass is 9.97. The normalized spacial score (nSPS) is 34.4. The number of rotatable bonds is 5. The Labute approximate surface area is 112 Å². The SMILES string of the molecule is O=C(NCC1CCCC1CO)[C@@H]1CC[C@H](C(=O)O)O1. The lowest BCUT2D eigenvalue weighted by Crippen LogP contribution is -2.39. The standard InChI is InChI=1S/C13H21NO5/c15-7-9-3-1-2-8(9)6-14-12(16)10-4-5-11(19-10)13(17)18/h8-11,15H,1-7H2,(H,14,16)(H,17,18)/t8?,9?,10-,11+/m0/s1. The predicted molar refractivity (Wildman–Crippen MR) is 66.5 cm³/mol. The van der Waals surface area contributed by atoms with Crippen molar-refractivity contribution < 1.29 is 24.5 Å². The molecule has 1 aliphatic heterocycles. The summed E-state index contributed by atoms with van der Waals surface area (Å²) >= 11 is 0. The number of aliphatic hydroxyl groups is 1. The van der Waals surface area contributed by atoms with Crippen molar-refractivity contribution >= 4 is 11.9 Å². The van der Waals surface area contributed by atoms with Gasteiger partial charge < -0.3 is 20.3 Å². The van der Waals surface area contributed by atoms with Crippen molar-refractivity contribution in [1.82, 2.24) is 5.32 Å². The summed E-state index contributed by atoms with van der Waals surface area (Å²) in [5, 5.41) is 20.8. The molecule has 0 radical (unpaired) electrons. The average Bonchev–Trinajstić information content (AvgIpc) is 3.04. The zero-order valence-corrected chi connectivity index (χ0v) is 10.9. The van der Waals surface area contributed by atoms with E-state index in [0.717, 1.165) is 19.3 Å². The van der Waals surface area contributed by atoms with Crippen LogP contribution in [-0.2, 0) is 14.3 Å². The van der Waals surface area contributed by atoms with Crippen LogP contribution in [0.15, 0.2) is 0 Å². The van der Waals surface area contributed by atoms with Gasteiger partial charge in [-0.05, 0) is 37.5 Å². The molecule has 6 heteroatoms. The summed E-state index contributed by atoms with van der Waals surface area (Å²) in [7, 11) is 0. The summed E-state index contributed by atoms with van der Waals surface area (Å²) < 4.78 is 5.19. The van der Waals surface area contributed by atoms with Gasteiger partial charge in [-0.3, -0.25) is 4.79 Å². The molecule has 1 amide bonds. The van der Waals surface area contributed by atoms with Gasteiger partial charge in [-0.2, -0.15) is 0 Å². The van der Waals surface area contributed by atoms with E-state index in [1.165, 1.54) is 0 Å². The molecular formula is C13H21NO5. The number of carboxylic acids is 1. The molecule has 4 atom stereocenters. The quantitative estimate of drug-likeness (QED) is 0.661. The summed E-state index contributed by atoms with van der Waals surface area (Å²) in [5.41, 5.74) is 0. The summed E-state index contributed by atoms with van der Waals surface area (Å²) in [6, 6.07) is 0. The largest absolute Gasteiger partial charge is 0.479 e. The van der Waals surface area contributed by atoms with E-state index in [1.807, 2.05) is 0 Å². The van der Waals surface area contributed by atoms with E-state index in [4.69, 9.17) is 9.84 Å². The van der Waals surface area contributed by atoms with Crippen molar-refractivity contribution in [3.05, 3.63) is 0 Å². The zero-order valence-electron chi connectivity index (χ0n) is 10.9. The van der Waals surface area contributed by atoms with Crippen LogP contribution in [-0.4, -0.2) is 47.4 Å². The predicted octanol–water partition coefficient (Wildman–Crippen LogP) is 0.143. The molecule has 2 unspecified atom stereocenters. The molecule has 0 aromatic rings. The highest BCUT2D eigenvalue weighted by Crippen LogP contribution is 2.30. The monoisotopic (exact) mass is 271 g/mol. The van der Waals surface area contributed by atoms with Gasteiger partial charge in [-0.15, -0.1) is 0 Å². The number of amides is 1. The second-order valence-corrected chi connectivity index (χ2v) is 5.41. The van der Waals surface area contributed by atoms with E-state index < -0.39 is 18.2 Å². The number of carbonyl (C=O) groups excluding carboxylic acids is 1. The number of carbonyl (C=O) groups is 2. The number of ether oxygens (including phenoxy) is 1. The van der Waals surface area contributed by atoms with Crippen LogP contribution in [0.5, 0.6) is 0 Å². The van der Waals surface area contributed by atoms with E-state index in [2.05, 4.69) is 5.32 Å². The van der Waals surface area contributed by atoms with Gasteiger partial charge in [0.15, 0.2) is 6.10 Å². The second-order valence-electron chi connectivity index (χ2n) is 5.41. The minimum absolute atomic E-state index is 0.168. The van der Waals surface area contributed by atoms with Crippen LogP contribution in [0.4, 0.5) is 0 Å². The molecule has 0 aromatic carbocycles. The highest BCUT2D eigenvalue weighted by molar-refractivity contribution is 5.82. The third kappa shape index (κ3) is 3.45. The molecule has 2 aliphatic rings. The van der Waals surface area contributed by atoms with Gasteiger partial charge in [-0.25, -0.2) is 4.79 Å². The van der Waals surface area contributed by atoms with Crippen molar-refractivity contribution in [2.75, 3.05) is 13.2 Å². The molecule has 6 nitrogen and oxygen atoms in total. The highest BCUT2D eigenvalue weighted by atomic mass is 16.5. The molecule has 2 fully saturated rings. The van der Waals surface area contributed by atoms with Crippen LogP contribution in [0.3, 0.4) is 0 Å². The molecule has 3 N–H and O–H groups in total. The molecule has 0 spiro atoms. The third-order valence-corrected chi connectivity index (χ3v) is 4.18. The molecule has 2 rings (SSSR count). The van der Waals surface area contributed by atoms with E-state index in [-0.39, 0.29) is 18.4 Å². The lowest BCUT2D eigenvalue weighted by molar-refractivity contribution is -0.151. The molecule has 0 bridgehead atoms. The number of hydrogen-bond acceptors (Lipinski definition) is 4. The Morgan fingerprint density at radius 2 is 1.79 bits per heavy atom. The average molecular weight is 271 g/mol. The summed E-state index contributed by atoms with van der Waals surface area (Å²) in [5.74, 6) is -0.638. The van der Waals surface area contributed by atoms with Gasteiger partial charge in [0, 0.05) is 13.2 Å². The van der Waals surface area contributed by atoms with Crippen LogP contribution in [0.2, 0.25) is 0 Å². The molecule has 19 heavy (non-hydrogen) atoms. The van der Waals surface area contributed by atoms with Gasteiger partial charge in [0.1, 0.15) is 6.10 Å². The molecule has 0 aromatic heterocycles. The minimum atomic E-state index is -1.01. The first-order valence-electron chi connectivity index (χ1n) is 6.88. The topological polar surface area (TPSA) is 95.9 Å². The van der Waals surface area contributed by atoms with E-state index in [1.54, 1.807) is 0 Å². The maximum Gasteiger partial charge on any atom is 0.332 e. The summed E-state index contributed by atoms with van der Waals surface area (Å²) in [4.78, 5) is 22.6. The first-order chi connectivity index (χ1) is 9.11. The Bertz CT molecular complexity index is 346. The van der Waals surface area contributed by atoms with Gasteiger partial charge in [0.2, 0.25) is 5.91 Å². The van der Waals surface area contributed by atoms with Gasteiger partial charge in [0.25, 0.3) is 0 Å². The van der Waals surface area contributed by atoms with Crippen LogP contribution in [0.25, 0.3) is 0 Å². The number of aliphatic carboxylic acids is 1. The Morgan fingerprint density at radius 1 is 1.11 bits per heavy atom. The number of carboxylic acid groups (broad SMARTS) is 1. The fourth-order valence-corrected chi connectivity index (χ4v) is 2.98. The summed E-state index contributed by atoms with van der Waals surface area (Å²) in [6.45, 7) is 0.712. The minimum Gasteiger partial charge on any atom is -0.479 e. The van der Waals surface area contributed by atoms with Crippen molar-refractivity contribution in [3.8, 4) is 0 Å². The van der Waals surface area contributed by atoms with Crippen molar-refractivity contribution in [3.63, 3.8) is 0 Å². The fourth-order valence-electron chi connectivity index (χ4n) is 2.98.